The maximum atomic E-state index is 12.9. The van der Waals surface area contributed by atoms with Gasteiger partial charge in [-0.15, -0.1) is 0 Å². The third kappa shape index (κ3) is 2.28. The SMILES string of the molecule is O=S1(=O)c2ccc(-c3ccco3)cc2[C@H]2CN(Cc3ccco3)C[C@H]21. The van der Waals surface area contributed by atoms with Crippen molar-refractivity contribution in [2.24, 2.45) is 0 Å². The van der Waals surface area contributed by atoms with Crippen LogP contribution in [0.25, 0.3) is 11.3 Å². The topological polar surface area (TPSA) is 63.7 Å². The molecule has 2 aromatic heterocycles. The molecule has 0 unspecified atom stereocenters. The van der Waals surface area contributed by atoms with Crippen LogP contribution >= 0.6 is 0 Å². The highest BCUT2D eigenvalue weighted by molar-refractivity contribution is 7.92. The molecule has 5 nitrogen and oxygen atoms in total. The fourth-order valence-corrected chi connectivity index (χ4v) is 6.27. The van der Waals surface area contributed by atoms with Gasteiger partial charge >= 0.3 is 0 Å². The Bertz CT molecular complexity index is 1010. The maximum absolute atomic E-state index is 12.9. The van der Waals surface area contributed by atoms with Gasteiger partial charge in [0.15, 0.2) is 9.84 Å². The summed E-state index contributed by atoms with van der Waals surface area (Å²) in [7, 11) is -3.28. The van der Waals surface area contributed by atoms with Crippen molar-refractivity contribution < 1.29 is 17.3 Å². The molecule has 2 aliphatic rings. The zero-order valence-corrected chi connectivity index (χ0v) is 14.3. The van der Waals surface area contributed by atoms with E-state index < -0.39 is 9.84 Å². The summed E-state index contributed by atoms with van der Waals surface area (Å²) in [6.07, 6.45) is 3.27. The van der Waals surface area contributed by atoms with Gasteiger partial charge in [0.1, 0.15) is 11.5 Å². The molecule has 0 saturated carbocycles. The second-order valence-corrected chi connectivity index (χ2v) is 8.83. The number of rotatable bonds is 3. The Morgan fingerprint density at radius 2 is 1.88 bits per heavy atom. The van der Waals surface area contributed by atoms with Crippen LogP contribution in [0.15, 0.2) is 68.7 Å². The summed E-state index contributed by atoms with van der Waals surface area (Å²) in [6, 6.07) is 13.0. The van der Waals surface area contributed by atoms with Crippen LogP contribution in [0.1, 0.15) is 17.2 Å². The van der Waals surface area contributed by atoms with Crippen LogP contribution < -0.4 is 0 Å². The Labute approximate surface area is 145 Å². The minimum Gasteiger partial charge on any atom is -0.468 e. The lowest BCUT2D eigenvalue weighted by molar-refractivity contribution is 0.293. The molecule has 0 bridgehead atoms. The molecule has 6 heteroatoms. The Hall–Kier alpha value is -2.31. The molecule has 1 aromatic carbocycles. The van der Waals surface area contributed by atoms with Crippen LogP contribution in [-0.4, -0.2) is 31.7 Å². The summed E-state index contributed by atoms with van der Waals surface area (Å²) in [5.41, 5.74) is 1.84. The summed E-state index contributed by atoms with van der Waals surface area (Å²) in [5, 5.41) is -0.371. The molecular formula is C19H17NO4S. The van der Waals surface area contributed by atoms with E-state index in [2.05, 4.69) is 4.90 Å². The number of hydrogen-bond acceptors (Lipinski definition) is 5. The Morgan fingerprint density at radius 3 is 2.64 bits per heavy atom. The second kappa shape index (κ2) is 5.34. The number of furan rings is 2. The first-order chi connectivity index (χ1) is 12.1. The molecule has 5 rings (SSSR count). The number of sulfone groups is 1. The zero-order chi connectivity index (χ0) is 17.0. The number of benzene rings is 1. The van der Waals surface area contributed by atoms with Gasteiger partial charge in [-0.3, -0.25) is 4.90 Å². The van der Waals surface area contributed by atoms with Gasteiger partial charge < -0.3 is 8.83 Å². The van der Waals surface area contributed by atoms with Crippen LogP contribution in [0.2, 0.25) is 0 Å². The fourth-order valence-electron chi connectivity index (χ4n) is 4.07. The van der Waals surface area contributed by atoms with Gasteiger partial charge in [0.05, 0.1) is 29.2 Å². The van der Waals surface area contributed by atoms with Crippen molar-refractivity contribution >= 4 is 9.84 Å². The van der Waals surface area contributed by atoms with Gasteiger partial charge in [-0.05, 0) is 48.0 Å². The third-order valence-corrected chi connectivity index (χ3v) is 7.48. The third-order valence-electron chi connectivity index (χ3n) is 5.22. The van der Waals surface area contributed by atoms with Gasteiger partial charge in [0.2, 0.25) is 0 Å². The lowest BCUT2D eigenvalue weighted by Gasteiger charge is -2.15. The van der Waals surface area contributed by atoms with Crippen molar-refractivity contribution in [3.63, 3.8) is 0 Å². The van der Waals surface area contributed by atoms with Crippen LogP contribution in [0.5, 0.6) is 0 Å². The molecule has 0 spiro atoms. The van der Waals surface area contributed by atoms with Gasteiger partial charge in [-0.1, -0.05) is 0 Å². The van der Waals surface area contributed by atoms with Gasteiger partial charge in [-0.25, -0.2) is 8.42 Å². The normalized spacial score (nSPS) is 24.3. The van der Waals surface area contributed by atoms with Gasteiger partial charge in [-0.2, -0.15) is 0 Å². The highest BCUT2D eigenvalue weighted by Crippen LogP contribution is 2.46. The summed E-state index contributed by atoms with van der Waals surface area (Å²) >= 11 is 0. The number of nitrogens with zero attached hydrogens (tertiary/aromatic N) is 1. The Kier molecular flexibility index (Phi) is 3.20. The van der Waals surface area contributed by atoms with Crippen molar-refractivity contribution in [2.75, 3.05) is 13.1 Å². The number of fused-ring (bicyclic) bond motifs is 3. The van der Waals surface area contributed by atoms with Crippen LogP contribution in [0.3, 0.4) is 0 Å². The maximum Gasteiger partial charge on any atom is 0.183 e. The zero-order valence-electron chi connectivity index (χ0n) is 13.5. The lowest BCUT2D eigenvalue weighted by Crippen LogP contribution is -2.25. The lowest BCUT2D eigenvalue weighted by atomic mass is 9.96. The van der Waals surface area contributed by atoms with E-state index in [9.17, 15) is 8.42 Å². The molecule has 128 valence electrons. The van der Waals surface area contributed by atoms with Crippen molar-refractivity contribution in [1.82, 2.24) is 4.90 Å². The first-order valence-corrected chi connectivity index (χ1v) is 9.84. The molecule has 0 N–H and O–H groups in total. The van der Waals surface area contributed by atoms with E-state index in [1.54, 1.807) is 18.6 Å². The van der Waals surface area contributed by atoms with Crippen molar-refractivity contribution in [2.45, 2.75) is 22.6 Å². The number of likely N-dealkylation sites (tertiary alicyclic amines) is 1. The molecule has 0 aliphatic carbocycles. The molecule has 1 fully saturated rings. The smallest absolute Gasteiger partial charge is 0.183 e. The van der Waals surface area contributed by atoms with Gasteiger partial charge in [0.25, 0.3) is 0 Å². The molecule has 2 atom stereocenters. The predicted octanol–water partition coefficient (Wildman–Crippen LogP) is 3.29. The average molecular weight is 355 g/mol. The van der Waals surface area contributed by atoms with Crippen LogP contribution in [0, 0.1) is 0 Å². The predicted molar refractivity (Wildman–Crippen MR) is 91.8 cm³/mol. The molecule has 2 aliphatic heterocycles. The first-order valence-electron chi connectivity index (χ1n) is 8.29. The average Bonchev–Trinajstić information content (AvgIpc) is 3.37. The molecule has 4 heterocycles. The highest BCUT2D eigenvalue weighted by Gasteiger charge is 2.50. The standard InChI is InChI=1S/C19H17NO4S/c21-25(22)18-6-5-13(17-4-2-8-24-17)9-15(18)16-11-20(12-19(16)25)10-14-3-1-7-23-14/h1-9,16,19H,10-12H2/t16-,19-/m1/s1. The molecule has 25 heavy (non-hydrogen) atoms. The van der Waals surface area contributed by atoms with Crippen LogP contribution in [0.4, 0.5) is 0 Å². The highest BCUT2D eigenvalue weighted by atomic mass is 32.2. The Morgan fingerprint density at radius 1 is 1.04 bits per heavy atom. The molecule has 0 radical (unpaired) electrons. The van der Waals surface area contributed by atoms with Crippen molar-refractivity contribution in [1.29, 1.82) is 0 Å². The first kappa shape index (κ1) is 15.0. The van der Waals surface area contributed by atoms with E-state index in [4.69, 9.17) is 8.83 Å². The van der Waals surface area contributed by atoms with E-state index in [-0.39, 0.29) is 11.2 Å². The quantitative estimate of drug-likeness (QED) is 0.721. The van der Waals surface area contributed by atoms with Crippen LogP contribution in [-0.2, 0) is 16.4 Å². The van der Waals surface area contributed by atoms with E-state index >= 15 is 0 Å². The fraction of sp³-hybridized carbons (Fsp3) is 0.263. The van der Waals surface area contributed by atoms with E-state index in [1.807, 2.05) is 36.4 Å². The Balaban J connectivity index is 1.51. The monoisotopic (exact) mass is 355 g/mol. The van der Waals surface area contributed by atoms with E-state index in [0.717, 1.165) is 29.2 Å². The van der Waals surface area contributed by atoms with Gasteiger partial charge in [0, 0.05) is 24.6 Å². The molecule has 1 saturated heterocycles. The van der Waals surface area contributed by atoms with E-state index in [0.29, 0.717) is 18.0 Å². The minimum absolute atomic E-state index is 0.00451. The molecule has 3 aromatic rings. The summed E-state index contributed by atoms with van der Waals surface area (Å²) in [5.74, 6) is 1.63. The van der Waals surface area contributed by atoms with E-state index in [1.165, 1.54) is 0 Å². The summed E-state index contributed by atoms with van der Waals surface area (Å²) in [6.45, 7) is 1.90. The minimum atomic E-state index is -3.28. The van der Waals surface area contributed by atoms with Crippen molar-refractivity contribution in [3.8, 4) is 11.3 Å². The molecular weight excluding hydrogens is 338 g/mol. The second-order valence-electron chi connectivity index (χ2n) is 6.69. The van der Waals surface area contributed by atoms with Crippen molar-refractivity contribution in [3.05, 3.63) is 66.3 Å². The largest absolute Gasteiger partial charge is 0.468 e. The molecule has 0 amide bonds. The summed E-state index contributed by atoms with van der Waals surface area (Å²) < 4.78 is 36.7. The summed E-state index contributed by atoms with van der Waals surface area (Å²) in [4.78, 5) is 2.64. The number of hydrogen-bond donors (Lipinski definition) is 0.